The zero-order valence-electron chi connectivity index (χ0n) is 32.3. The lowest BCUT2D eigenvalue weighted by atomic mass is 9.95. The first-order chi connectivity index (χ1) is 28.4. The molecule has 1 aromatic heterocycles. The van der Waals surface area contributed by atoms with Crippen molar-refractivity contribution in [3.8, 4) is 6.07 Å². The van der Waals surface area contributed by atoms with Gasteiger partial charge in [0.15, 0.2) is 0 Å². The van der Waals surface area contributed by atoms with E-state index >= 15 is 0 Å². The number of fused-ring (bicyclic) bond motifs is 1. The number of carbonyl (C=O) groups excluding carboxylic acids is 5. The smallest absolute Gasteiger partial charge is 0.371 e. The minimum atomic E-state index is -4.63. The summed E-state index contributed by atoms with van der Waals surface area (Å²) in [5, 5.41) is 14.2. The molecule has 1 atom stereocenters. The number of rotatable bonds is 8. The van der Waals surface area contributed by atoms with Crippen LogP contribution in [0, 0.1) is 23.2 Å². The van der Waals surface area contributed by atoms with Crippen LogP contribution in [0.2, 0.25) is 0 Å². The quantitative estimate of drug-likeness (QED) is 0.313. The molecule has 6 heterocycles. The number of benzene rings is 2. The number of piperidine rings is 3. The fourth-order valence-corrected chi connectivity index (χ4v) is 8.92. The molecule has 1 unspecified atom stereocenters. The van der Waals surface area contributed by atoms with Crippen LogP contribution in [0.4, 0.5) is 36.1 Å². The van der Waals surface area contributed by atoms with E-state index in [2.05, 4.69) is 30.3 Å². The Morgan fingerprint density at radius 2 is 1.41 bits per heavy atom. The summed E-state index contributed by atoms with van der Waals surface area (Å²) in [6.07, 6.45) is 0.354. The van der Waals surface area contributed by atoms with Crippen molar-refractivity contribution in [1.82, 2.24) is 20.1 Å². The third-order valence-corrected chi connectivity index (χ3v) is 12.3. The number of halogens is 3. The molecule has 59 heavy (non-hydrogen) atoms. The number of nitrogens with one attached hydrogen (secondary N) is 2. The van der Waals surface area contributed by atoms with E-state index in [0.29, 0.717) is 43.4 Å². The maximum Gasteiger partial charge on any atom is 0.417 e. The molecule has 5 aliphatic rings. The van der Waals surface area contributed by atoms with Gasteiger partial charge >= 0.3 is 6.18 Å². The standard InChI is InChI=1S/C42H44F3N9O5/c43-42(44,45)34-22-30(2-1-28(34)23-46)51-15-11-27(12-16-51)38(56)48-36-7-4-31(24-47-36)52-13-9-26(10-14-52)25-50-17-19-53(20-18-50)29-3-5-32-33(21-29)41(59)54(40(32)58)35-6-8-37(55)49-39(35)57/h1-5,7,21-22,24,26-27,35H,6,8-20,25H2,(H,47,48,56)(H,49,55,57). The topological polar surface area (TPSA) is 162 Å². The third kappa shape index (κ3) is 8.31. The lowest BCUT2D eigenvalue weighted by Crippen LogP contribution is -2.54. The van der Waals surface area contributed by atoms with Crippen molar-refractivity contribution in [3.63, 3.8) is 0 Å². The molecule has 5 amide bonds. The van der Waals surface area contributed by atoms with Gasteiger partial charge in [-0.2, -0.15) is 18.4 Å². The summed E-state index contributed by atoms with van der Waals surface area (Å²) in [4.78, 5) is 77.8. The zero-order valence-corrected chi connectivity index (χ0v) is 32.3. The Bertz CT molecular complexity index is 2190. The maximum atomic E-state index is 13.5. The molecular formula is C42H44F3N9O5. The van der Waals surface area contributed by atoms with Gasteiger partial charge in [0.2, 0.25) is 17.7 Å². The lowest BCUT2D eigenvalue weighted by molar-refractivity contribution is -0.138. The highest BCUT2D eigenvalue weighted by Gasteiger charge is 2.45. The number of anilines is 4. The molecule has 17 heteroatoms. The Labute approximate surface area is 338 Å². The molecule has 8 rings (SSSR count). The second-order valence-electron chi connectivity index (χ2n) is 15.9. The summed E-state index contributed by atoms with van der Waals surface area (Å²) in [6.45, 7) is 6.87. The molecule has 4 saturated heterocycles. The summed E-state index contributed by atoms with van der Waals surface area (Å²) in [5.41, 5.74) is 1.41. The molecular weight excluding hydrogens is 768 g/mol. The molecule has 0 saturated carbocycles. The van der Waals surface area contributed by atoms with Crippen LogP contribution in [0.15, 0.2) is 54.7 Å². The summed E-state index contributed by atoms with van der Waals surface area (Å²) in [6, 6.07) is 13.4. The van der Waals surface area contributed by atoms with Crippen molar-refractivity contribution in [2.75, 3.05) is 78.9 Å². The summed E-state index contributed by atoms with van der Waals surface area (Å²) in [7, 11) is 0. The van der Waals surface area contributed by atoms with E-state index < -0.39 is 47.0 Å². The van der Waals surface area contributed by atoms with Gasteiger partial charge in [-0.1, -0.05) is 0 Å². The van der Waals surface area contributed by atoms with Crippen molar-refractivity contribution >= 4 is 52.4 Å². The second-order valence-corrected chi connectivity index (χ2v) is 15.9. The molecule has 2 N–H and O–H groups in total. The van der Waals surface area contributed by atoms with E-state index in [1.54, 1.807) is 30.5 Å². The number of amides is 5. The number of hydrogen-bond acceptors (Lipinski definition) is 11. The van der Waals surface area contributed by atoms with Crippen LogP contribution in [0.3, 0.4) is 0 Å². The van der Waals surface area contributed by atoms with Crippen LogP contribution in [0.5, 0.6) is 0 Å². The average molecular weight is 812 g/mol. The van der Waals surface area contributed by atoms with E-state index in [1.165, 1.54) is 12.1 Å². The highest BCUT2D eigenvalue weighted by atomic mass is 19.4. The average Bonchev–Trinajstić information content (AvgIpc) is 3.49. The van der Waals surface area contributed by atoms with Crippen LogP contribution in [-0.2, 0) is 20.6 Å². The molecule has 2 aromatic carbocycles. The normalized spacial score (nSPS) is 21.1. The monoisotopic (exact) mass is 811 g/mol. The van der Waals surface area contributed by atoms with Gasteiger partial charge in [-0.15, -0.1) is 0 Å². The molecule has 5 aliphatic heterocycles. The van der Waals surface area contributed by atoms with E-state index in [-0.39, 0.29) is 35.8 Å². The Kier molecular flexibility index (Phi) is 11.0. The summed E-state index contributed by atoms with van der Waals surface area (Å²) >= 11 is 0. The van der Waals surface area contributed by atoms with Gasteiger partial charge in [-0.25, -0.2) is 4.98 Å². The van der Waals surface area contributed by atoms with Crippen LogP contribution in [0.25, 0.3) is 0 Å². The predicted octanol–water partition coefficient (Wildman–Crippen LogP) is 4.27. The Morgan fingerprint density at radius 1 is 0.780 bits per heavy atom. The minimum Gasteiger partial charge on any atom is -0.371 e. The molecule has 3 aromatic rings. The van der Waals surface area contributed by atoms with E-state index in [9.17, 15) is 37.1 Å². The van der Waals surface area contributed by atoms with Crippen LogP contribution < -0.4 is 25.3 Å². The number of aromatic nitrogens is 1. The Balaban J connectivity index is 0.763. The van der Waals surface area contributed by atoms with Crippen molar-refractivity contribution in [1.29, 1.82) is 5.26 Å². The molecule has 308 valence electrons. The minimum absolute atomic E-state index is 0.0763. The van der Waals surface area contributed by atoms with Crippen LogP contribution in [-0.4, -0.2) is 109 Å². The van der Waals surface area contributed by atoms with Crippen LogP contribution in [0.1, 0.15) is 70.4 Å². The zero-order chi connectivity index (χ0) is 41.4. The lowest BCUT2D eigenvalue weighted by Gasteiger charge is -2.40. The molecule has 4 fully saturated rings. The SMILES string of the molecule is N#Cc1ccc(N2CCC(C(=O)Nc3ccc(N4CCC(CN5CCN(c6ccc7c(c6)C(=O)N(C6CCC(=O)NC6=O)C7=O)CC5)CC4)cn3)CC2)cc1C(F)(F)F. The van der Waals surface area contributed by atoms with Gasteiger partial charge in [0, 0.05) is 82.6 Å². The highest BCUT2D eigenvalue weighted by Crippen LogP contribution is 2.36. The fraction of sp³-hybridized carbons (Fsp3) is 0.452. The number of alkyl halides is 3. The number of carbonyl (C=O) groups is 5. The van der Waals surface area contributed by atoms with Gasteiger partial charge in [-0.05, 0) is 86.6 Å². The number of nitrogens with zero attached hydrogens (tertiary/aromatic N) is 7. The Hall–Kier alpha value is -6.02. The summed E-state index contributed by atoms with van der Waals surface area (Å²) < 4.78 is 40.4. The molecule has 0 aliphatic carbocycles. The van der Waals surface area contributed by atoms with Crippen LogP contribution >= 0.6 is 0 Å². The maximum absolute atomic E-state index is 13.5. The number of hydrogen-bond donors (Lipinski definition) is 2. The van der Waals surface area contributed by atoms with Crippen molar-refractivity contribution in [3.05, 3.63) is 77.0 Å². The second kappa shape index (κ2) is 16.3. The largest absolute Gasteiger partial charge is 0.417 e. The molecule has 0 radical (unpaired) electrons. The van der Waals surface area contributed by atoms with Gasteiger partial charge in [0.05, 0.1) is 40.2 Å². The summed E-state index contributed by atoms with van der Waals surface area (Å²) in [5.74, 6) is -1.52. The highest BCUT2D eigenvalue weighted by molar-refractivity contribution is 6.23. The fourth-order valence-electron chi connectivity index (χ4n) is 8.92. The number of piperazine rings is 1. The van der Waals surface area contributed by atoms with Crippen molar-refractivity contribution in [2.45, 2.75) is 50.7 Å². The molecule has 0 spiro atoms. The van der Waals surface area contributed by atoms with Gasteiger partial charge in [0.25, 0.3) is 11.8 Å². The molecule has 14 nitrogen and oxygen atoms in total. The van der Waals surface area contributed by atoms with E-state index in [4.69, 9.17) is 5.26 Å². The van der Waals surface area contributed by atoms with E-state index in [0.717, 1.165) is 81.0 Å². The first-order valence-electron chi connectivity index (χ1n) is 20.1. The van der Waals surface area contributed by atoms with Crippen molar-refractivity contribution < 1.29 is 37.1 Å². The number of pyridine rings is 1. The number of imide groups is 2. The van der Waals surface area contributed by atoms with E-state index in [1.807, 2.05) is 17.0 Å². The first kappa shape index (κ1) is 39.8. The van der Waals surface area contributed by atoms with Crippen molar-refractivity contribution in [2.24, 2.45) is 11.8 Å². The number of nitriles is 1. The van der Waals surface area contributed by atoms with Gasteiger partial charge < -0.3 is 20.0 Å². The predicted molar refractivity (Wildman–Crippen MR) is 211 cm³/mol. The molecule has 0 bridgehead atoms. The first-order valence-corrected chi connectivity index (χ1v) is 20.1. The third-order valence-electron chi connectivity index (χ3n) is 12.3. The van der Waals surface area contributed by atoms with Gasteiger partial charge in [0.1, 0.15) is 11.9 Å². The Morgan fingerprint density at radius 3 is 2.07 bits per heavy atom. The van der Waals surface area contributed by atoms with Gasteiger partial charge in [-0.3, -0.25) is 39.1 Å².